The molecule has 0 saturated carbocycles. The number of halogens is 1. The molecule has 0 spiro atoms. The number of hydrogen-bond donors (Lipinski definition) is 1. The molecule has 2 heterocycles. The second-order valence-electron chi connectivity index (χ2n) is 3.08. The van der Waals surface area contributed by atoms with Crippen molar-refractivity contribution < 1.29 is 0 Å². The summed E-state index contributed by atoms with van der Waals surface area (Å²) >= 11 is 6.91. The zero-order valence-electron chi connectivity index (χ0n) is 8.24. The fourth-order valence-corrected chi connectivity index (χ4v) is 3.57. The van der Waals surface area contributed by atoms with Gasteiger partial charge in [-0.25, -0.2) is 4.98 Å². The Morgan fingerprint density at radius 1 is 1.40 bits per heavy atom. The van der Waals surface area contributed by atoms with Crippen LogP contribution in [-0.4, -0.2) is 11.5 Å². The Balaban J connectivity index is 2.32. The molecule has 0 fully saturated rings. The molecule has 1 N–H and O–H groups in total. The van der Waals surface area contributed by atoms with Gasteiger partial charge in [0, 0.05) is 20.8 Å². The summed E-state index contributed by atoms with van der Waals surface area (Å²) in [5.41, 5.74) is 4.24. The highest BCUT2D eigenvalue weighted by atomic mass is 79.9. The Kier molecular flexibility index (Phi) is 3.91. The van der Waals surface area contributed by atoms with Crippen LogP contribution in [0.3, 0.4) is 0 Å². The van der Waals surface area contributed by atoms with E-state index >= 15 is 0 Å². The molecular weight excluding hydrogens is 292 g/mol. The van der Waals surface area contributed by atoms with E-state index in [-0.39, 0.29) is 6.04 Å². The van der Waals surface area contributed by atoms with Gasteiger partial charge in [-0.05, 0) is 27.9 Å². The molecule has 1 unspecified atom stereocenters. The molecule has 0 aliphatic carbocycles. The molecule has 2 rings (SSSR count). The maximum absolute atomic E-state index is 4.37. The van der Waals surface area contributed by atoms with Crippen LogP contribution in [0.4, 0.5) is 0 Å². The minimum absolute atomic E-state index is 0.210. The molecule has 0 aromatic carbocycles. The summed E-state index contributed by atoms with van der Waals surface area (Å²) in [4.78, 5) is 4.37. The van der Waals surface area contributed by atoms with E-state index in [1.165, 1.54) is 5.56 Å². The van der Waals surface area contributed by atoms with Crippen molar-refractivity contribution in [3.63, 3.8) is 0 Å². The molecule has 0 amide bonds. The number of thiophene rings is 1. The normalized spacial score (nSPS) is 12.9. The molecule has 2 nitrogen and oxygen atoms in total. The summed E-state index contributed by atoms with van der Waals surface area (Å²) in [5.74, 6) is 0. The van der Waals surface area contributed by atoms with Crippen LogP contribution in [0.2, 0.25) is 0 Å². The largest absolute Gasteiger partial charge is 0.305 e. The third kappa shape index (κ3) is 2.47. The van der Waals surface area contributed by atoms with Gasteiger partial charge in [0.25, 0.3) is 0 Å². The van der Waals surface area contributed by atoms with Crippen molar-refractivity contribution in [2.45, 2.75) is 13.0 Å². The van der Waals surface area contributed by atoms with Crippen LogP contribution in [0.1, 0.15) is 24.2 Å². The van der Waals surface area contributed by atoms with Gasteiger partial charge in [0.1, 0.15) is 0 Å². The highest BCUT2D eigenvalue weighted by molar-refractivity contribution is 9.10. The van der Waals surface area contributed by atoms with E-state index in [2.05, 4.69) is 49.3 Å². The number of hydrogen-bond acceptors (Lipinski definition) is 4. The monoisotopic (exact) mass is 302 g/mol. The van der Waals surface area contributed by atoms with E-state index in [1.54, 1.807) is 22.7 Å². The second kappa shape index (κ2) is 5.21. The quantitative estimate of drug-likeness (QED) is 0.932. The average Bonchev–Trinajstić information content (AvgIpc) is 2.85. The molecule has 0 aliphatic heterocycles. The van der Waals surface area contributed by atoms with Gasteiger partial charge in [-0.2, -0.15) is 11.3 Å². The molecule has 1 atom stereocenters. The van der Waals surface area contributed by atoms with Crippen molar-refractivity contribution in [2.24, 2.45) is 0 Å². The Labute approximate surface area is 106 Å². The number of thiazole rings is 1. The fraction of sp³-hybridized carbons (Fsp3) is 0.300. The lowest BCUT2D eigenvalue weighted by Gasteiger charge is -2.15. The first-order valence-corrected chi connectivity index (χ1v) is 7.33. The van der Waals surface area contributed by atoms with Gasteiger partial charge < -0.3 is 5.32 Å². The summed E-state index contributed by atoms with van der Waals surface area (Å²) in [5, 5.41) is 9.81. The molecule has 5 heteroatoms. The van der Waals surface area contributed by atoms with Crippen LogP contribution < -0.4 is 5.32 Å². The van der Waals surface area contributed by atoms with E-state index in [0.717, 1.165) is 16.7 Å². The minimum atomic E-state index is 0.210. The molecule has 15 heavy (non-hydrogen) atoms. The third-order valence-electron chi connectivity index (χ3n) is 2.11. The van der Waals surface area contributed by atoms with Crippen molar-refractivity contribution in [3.8, 4) is 0 Å². The zero-order chi connectivity index (χ0) is 10.7. The summed E-state index contributed by atoms with van der Waals surface area (Å²) in [6.45, 7) is 3.05. The SMILES string of the molecule is CCNC(c1cscn1)c1cscc1Br. The third-order valence-corrected chi connectivity index (χ3v) is 4.47. The van der Waals surface area contributed by atoms with Gasteiger partial charge in [-0.3, -0.25) is 0 Å². The van der Waals surface area contributed by atoms with Crippen LogP contribution in [0.25, 0.3) is 0 Å². The van der Waals surface area contributed by atoms with Crippen molar-refractivity contribution in [1.29, 1.82) is 0 Å². The fourth-order valence-electron chi connectivity index (χ4n) is 1.44. The van der Waals surface area contributed by atoms with Gasteiger partial charge in [0.2, 0.25) is 0 Å². The lowest BCUT2D eigenvalue weighted by Crippen LogP contribution is -2.22. The van der Waals surface area contributed by atoms with Crippen LogP contribution in [0.15, 0.2) is 26.1 Å². The molecule has 80 valence electrons. The van der Waals surface area contributed by atoms with Gasteiger partial charge in [0.05, 0.1) is 17.2 Å². The predicted octanol–water partition coefficient (Wildman–Crippen LogP) is 3.67. The standard InChI is InChI=1S/C10H11BrN2S2/c1-2-12-10(9-5-15-6-13-9)7-3-14-4-8(7)11/h3-6,10,12H,2H2,1H3. The Bertz CT molecular complexity index is 411. The van der Waals surface area contributed by atoms with E-state index in [4.69, 9.17) is 0 Å². The lowest BCUT2D eigenvalue weighted by atomic mass is 10.1. The highest BCUT2D eigenvalue weighted by Crippen LogP contribution is 2.31. The maximum Gasteiger partial charge on any atom is 0.0795 e. The Hall–Kier alpha value is -0.230. The molecule has 2 aromatic rings. The average molecular weight is 303 g/mol. The summed E-state index contributed by atoms with van der Waals surface area (Å²) in [6.07, 6.45) is 0. The van der Waals surface area contributed by atoms with Gasteiger partial charge in [0.15, 0.2) is 0 Å². The number of nitrogens with one attached hydrogen (secondary N) is 1. The van der Waals surface area contributed by atoms with Crippen molar-refractivity contribution in [2.75, 3.05) is 6.54 Å². The summed E-state index contributed by atoms with van der Waals surface area (Å²) < 4.78 is 1.16. The zero-order valence-corrected chi connectivity index (χ0v) is 11.5. The number of rotatable bonds is 4. The highest BCUT2D eigenvalue weighted by Gasteiger charge is 2.17. The van der Waals surface area contributed by atoms with Crippen LogP contribution in [0, 0.1) is 0 Å². The smallest absolute Gasteiger partial charge is 0.0795 e. The van der Waals surface area contributed by atoms with Crippen LogP contribution in [0.5, 0.6) is 0 Å². The van der Waals surface area contributed by atoms with Gasteiger partial charge in [-0.1, -0.05) is 6.92 Å². The van der Waals surface area contributed by atoms with Crippen molar-refractivity contribution in [3.05, 3.63) is 37.4 Å². The first-order chi connectivity index (χ1) is 7.33. The Morgan fingerprint density at radius 3 is 2.80 bits per heavy atom. The minimum Gasteiger partial charge on any atom is -0.305 e. The first kappa shape index (κ1) is 11.3. The summed E-state index contributed by atoms with van der Waals surface area (Å²) in [6, 6.07) is 0.210. The molecule has 0 bridgehead atoms. The second-order valence-corrected chi connectivity index (χ2v) is 5.40. The van der Waals surface area contributed by atoms with E-state index in [1.807, 2.05) is 5.51 Å². The molecule has 2 aromatic heterocycles. The van der Waals surface area contributed by atoms with Crippen molar-refractivity contribution in [1.82, 2.24) is 10.3 Å². The lowest BCUT2D eigenvalue weighted by molar-refractivity contribution is 0.618. The molecular formula is C10H11BrN2S2. The number of nitrogens with zero attached hydrogens (tertiary/aromatic N) is 1. The van der Waals surface area contributed by atoms with Crippen LogP contribution >= 0.6 is 38.6 Å². The molecule has 0 radical (unpaired) electrons. The van der Waals surface area contributed by atoms with E-state index in [9.17, 15) is 0 Å². The summed E-state index contributed by atoms with van der Waals surface area (Å²) in [7, 11) is 0. The Morgan fingerprint density at radius 2 is 2.27 bits per heavy atom. The van der Waals surface area contributed by atoms with E-state index < -0.39 is 0 Å². The first-order valence-electron chi connectivity index (χ1n) is 4.66. The molecule has 0 aliphatic rings. The maximum atomic E-state index is 4.37. The van der Waals surface area contributed by atoms with E-state index in [0.29, 0.717) is 0 Å². The van der Waals surface area contributed by atoms with Gasteiger partial charge in [-0.15, -0.1) is 11.3 Å². The number of aromatic nitrogens is 1. The predicted molar refractivity (Wildman–Crippen MR) is 69.7 cm³/mol. The van der Waals surface area contributed by atoms with Crippen LogP contribution in [-0.2, 0) is 0 Å². The molecule has 0 saturated heterocycles. The van der Waals surface area contributed by atoms with Gasteiger partial charge >= 0.3 is 0 Å². The topological polar surface area (TPSA) is 24.9 Å². The van der Waals surface area contributed by atoms with Crippen molar-refractivity contribution >= 4 is 38.6 Å².